The summed E-state index contributed by atoms with van der Waals surface area (Å²) in [6.45, 7) is 17.2. The highest BCUT2D eigenvalue weighted by molar-refractivity contribution is 5.77. The molecule has 612 valence electrons. The summed E-state index contributed by atoms with van der Waals surface area (Å²) in [5.74, 6) is 2.91. The Kier molecular flexibility index (Phi) is 26.7. The van der Waals surface area contributed by atoms with Crippen LogP contribution in [0.3, 0.4) is 0 Å². The molecule has 12 aromatic rings. The van der Waals surface area contributed by atoms with E-state index in [1.165, 1.54) is 104 Å². The summed E-state index contributed by atoms with van der Waals surface area (Å²) >= 11 is 0. The summed E-state index contributed by atoms with van der Waals surface area (Å²) < 4.78 is 121. The topological polar surface area (TPSA) is 300 Å². The zero-order valence-electron chi connectivity index (χ0n) is 65.7. The molecule has 2 aliphatic carbocycles. The molecule has 0 amide bonds. The molecule has 4 aliphatic rings. The number of rotatable bonds is 25. The molecule has 8 aromatic heterocycles. The lowest BCUT2D eigenvalue weighted by molar-refractivity contribution is 0.0663. The van der Waals surface area contributed by atoms with Crippen LogP contribution in [0.2, 0.25) is 0 Å². The van der Waals surface area contributed by atoms with Crippen LogP contribution >= 0.6 is 0 Å². The summed E-state index contributed by atoms with van der Waals surface area (Å²) in [6, 6.07) is 27.9. The van der Waals surface area contributed by atoms with Gasteiger partial charge in [0.15, 0.2) is 23.3 Å². The lowest BCUT2D eigenvalue weighted by Crippen LogP contribution is -2.32. The third-order valence-corrected chi connectivity index (χ3v) is 20.1. The van der Waals surface area contributed by atoms with Crippen LogP contribution in [0.25, 0.3) is 0 Å². The van der Waals surface area contributed by atoms with Gasteiger partial charge in [0, 0.05) is 151 Å². The van der Waals surface area contributed by atoms with E-state index in [0.717, 1.165) is 119 Å². The van der Waals surface area contributed by atoms with Gasteiger partial charge in [-0.25, -0.2) is 79.7 Å². The van der Waals surface area contributed by atoms with Gasteiger partial charge in [-0.15, -0.1) is 5.10 Å². The monoisotopic (exact) mass is 1610 g/mol. The number of benzene rings is 4. The van der Waals surface area contributed by atoms with Crippen LogP contribution in [0.4, 0.5) is 105 Å². The molecule has 4 aromatic carbocycles. The molecular formula is C82H91F8N25O2. The molecule has 35 heteroatoms. The van der Waals surface area contributed by atoms with Crippen LogP contribution in [0, 0.1) is 53.5 Å². The van der Waals surface area contributed by atoms with Gasteiger partial charge in [0.1, 0.15) is 118 Å². The van der Waals surface area contributed by atoms with Crippen LogP contribution in [0.15, 0.2) is 153 Å². The Morgan fingerprint density at radius 2 is 0.786 bits per heavy atom. The van der Waals surface area contributed by atoms with E-state index in [4.69, 9.17) is 9.84 Å². The van der Waals surface area contributed by atoms with Crippen LogP contribution in [0.5, 0.6) is 0 Å². The molecule has 10 heterocycles. The van der Waals surface area contributed by atoms with Crippen LogP contribution in [-0.2, 0) is 11.3 Å². The van der Waals surface area contributed by atoms with Crippen LogP contribution in [0.1, 0.15) is 185 Å². The fourth-order valence-electron chi connectivity index (χ4n) is 13.7. The van der Waals surface area contributed by atoms with Crippen molar-refractivity contribution in [2.24, 2.45) is 0 Å². The number of hydrogen-bond donors (Lipinski definition) is 8. The highest BCUT2D eigenvalue weighted by Crippen LogP contribution is 2.43. The molecule has 4 unspecified atom stereocenters. The third kappa shape index (κ3) is 22.3. The Morgan fingerprint density at radius 3 is 1.17 bits per heavy atom. The fraction of sp³-hybridized carbons (Fsp3) is 0.354. The van der Waals surface area contributed by atoms with E-state index < -0.39 is 64.7 Å². The SMILES string of the molecule is CC(=O)n1nc(Nc2cc(NC(C)c3ccc(F)cc3F)ncn2)cc1C1CC1.CC(Nc1cc(Nc2ccn(C3CCOCC3)n2)ncn1)c1ccc(F)cc1F.CCn1nc(Nc2cc(NC(C)c3ccc(F)cc3F)ncn2)cc1C1CC1.Cc1cc(Nc2cc(NC(C)c3ccc(F)cc3F)ncn2)nn1C1CCN(C)CC1. The number of hydrogen-bond acceptors (Lipinski definition) is 23. The minimum Gasteiger partial charge on any atom is -0.381 e. The molecule has 0 radical (unpaired) electrons. The maximum atomic E-state index is 14.0. The minimum absolute atomic E-state index is 0.139. The van der Waals surface area contributed by atoms with Gasteiger partial charge in [-0.05, 0) is 137 Å². The molecule has 0 bridgehead atoms. The van der Waals surface area contributed by atoms with E-state index >= 15 is 0 Å². The standard InChI is InChI=1S/C22H27F2N7.C20H20F2N6O.C20H22F2N6O.C20H22F2N6/c1-14-10-22(29-31(14)17-6-8-30(3)9-7-17)28-21-12-20(25-13-26-21)27-15(2)18-5-4-16(23)11-19(18)24;1-11(15-6-5-14(21)7-16(15)22)25-18-9-19(24-10-23-18)26-20-8-17(13-3-4-13)28(27-20)12(2)29;1-13(16-3-2-14(21)10-17(16)22)25-19-11-20(24-12-23-19)26-18-4-7-28(27-18)15-5-8-29-9-6-15;1-3-28-17(13-4-5-13)9-20(27-28)26-19-10-18(23-11-24-19)25-12(2)15-7-6-14(21)8-16(15)22/h4-5,10-13,15,17H,6-9H2,1-3H3,(H2,25,26,27,28,29);5-11,13H,3-4H2,1-2H3,(H2,23,24,25,26,27);2-4,7,10-13,15H,5-6,8-9H2,1H3,(H2,23,24,25,26,27);6-13H,3-5H2,1-2H3,(H2,23,24,25,26,27). The Bertz CT molecular complexity index is 5370. The first kappa shape index (κ1) is 82.5. The van der Waals surface area contributed by atoms with E-state index in [1.54, 1.807) is 52.0 Å². The average Bonchev–Trinajstić information content (AvgIpc) is 1.66. The second kappa shape index (κ2) is 37.8. The number of aryl methyl sites for hydroxylation is 2. The first-order valence-corrected chi connectivity index (χ1v) is 38.7. The minimum atomic E-state index is -0.625. The molecule has 2 aliphatic heterocycles. The fourth-order valence-corrected chi connectivity index (χ4v) is 13.7. The van der Waals surface area contributed by atoms with E-state index in [0.29, 0.717) is 104 Å². The molecular weight excluding hydrogens is 1520 g/mol. The summed E-state index contributed by atoms with van der Waals surface area (Å²) in [4.78, 5) is 47.7. The van der Waals surface area contributed by atoms with Gasteiger partial charge < -0.3 is 52.2 Å². The molecule has 2 saturated carbocycles. The maximum Gasteiger partial charge on any atom is 0.244 e. The van der Waals surface area contributed by atoms with Crippen LogP contribution in [-0.4, -0.2) is 123 Å². The highest BCUT2D eigenvalue weighted by Gasteiger charge is 2.31. The molecule has 4 fully saturated rings. The van der Waals surface area contributed by atoms with Gasteiger partial charge >= 0.3 is 0 Å². The third-order valence-electron chi connectivity index (χ3n) is 20.1. The van der Waals surface area contributed by atoms with Gasteiger partial charge in [0.05, 0.1) is 41.9 Å². The van der Waals surface area contributed by atoms with Crippen molar-refractivity contribution in [1.82, 2.24) is 83.9 Å². The summed E-state index contributed by atoms with van der Waals surface area (Å²) in [5, 5.41) is 43.3. The smallest absolute Gasteiger partial charge is 0.244 e. The van der Waals surface area contributed by atoms with Gasteiger partial charge in [-0.3, -0.25) is 18.8 Å². The van der Waals surface area contributed by atoms with Gasteiger partial charge in [0.2, 0.25) is 5.91 Å². The van der Waals surface area contributed by atoms with Gasteiger partial charge in [-0.2, -0.15) is 15.3 Å². The lowest BCUT2D eigenvalue weighted by Gasteiger charge is -2.29. The zero-order valence-corrected chi connectivity index (χ0v) is 65.7. The number of nitrogens with zero attached hydrogens (tertiary/aromatic N) is 17. The molecule has 0 spiro atoms. The van der Waals surface area contributed by atoms with E-state index in [1.807, 2.05) is 33.8 Å². The van der Waals surface area contributed by atoms with Crippen molar-refractivity contribution in [2.75, 3.05) is 75.9 Å². The predicted molar refractivity (Wildman–Crippen MR) is 429 cm³/mol. The number of carbonyl (C=O) groups is 1. The Morgan fingerprint density at radius 1 is 0.419 bits per heavy atom. The zero-order chi connectivity index (χ0) is 82.4. The first-order chi connectivity index (χ1) is 56.4. The van der Waals surface area contributed by atoms with Crippen LogP contribution < -0.4 is 42.5 Å². The maximum absolute atomic E-state index is 14.0. The second-order valence-electron chi connectivity index (χ2n) is 29.2. The second-order valence-corrected chi connectivity index (χ2v) is 29.2. The van der Waals surface area contributed by atoms with Crippen molar-refractivity contribution in [3.05, 3.63) is 239 Å². The van der Waals surface area contributed by atoms with Crippen molar-refractivity contribution in [1.29, 1.82) is 0 Å². The average molecular weight is 1610 g/mol. The van der Waals surface area contributed by atoms with Crippen molar-refractivity contribution in [3.63, 3.8) is 0 Å². The van der Waals surface area contributed by atoms with Crippen molar-refractivity contribution in [2.45, 2.75) is 154 Å². The number of anilines is 12. The molecule has 4 atom stereocenters. The number of nitrogens with one attached hydrogen (secondary N) is 8. The summed E-state index contributed by atoms with van der Waals surface area (Å²) in [7, 11) is 2.14. The number of ether oxygens (including phenoxy) is 1. The number of halogens is 8. The molecule has 117 heavy (non-hydrogen) atoms. The van der Waals surface area contributed by atoms with Crippen molar-refractivity contribution in [3.8, 4) is 0 Å². The largest absolute Gasteiger partial charge is 0.381 e. The number of carbonyl (C=O) groups excluding carboxylic acids is 1. The van der Waals surface area contributed by atoms with E-state index in [9.17, 15) is 39.9 Å². The molecule has 16 rings (SSSR count). The highest BCUT2D eigenvalue weighted by atomic mass is 19.2. The van der Waals surface area contributed by atoms with Crippen molar-refractivity contribution < 1.29 is 44.7 Å². The predicted octanol–water partition coefficient (Wildman–Crippen LogP) is 17.8. The Balaban J connectivity index is 0.000000136. The molecule has 8 N–H and O–H groups in total. The quantitative estimate of drug-likeness (QED) is 0.0247. The van der Waals surface area contributed by atoms with Gasteiger partial charge in [0.25, 0.3) is 0 Å². The summed E-state index contributed by atoms with van der Waals surface area (Å²) in [5.41, 5.74) is 4.66. The summed E-state index contributed by atoms with van der Waals surface area (Å²) in [6.07, 6.45) is 16.2. The van der Waals surface area contributed by atoms with Crippen molar-refractivity contribution >= 4 is 75.7 Å². The Labute approximate surface area is 670 Å². The lowest BCUT2D eigenvalue weighted by atomic mass is 10.1. The Hall–Kier alpha value is -12.5. The molecule has 2 saturated heterocycles. The normalized spacial score (nSPS) is 15.4. The number of aromatic nitrogens is 16. The molecule has 27 nitrogen and oxygen atoms in total. The first-order valence-electron chi connectivity index (χ1n) is 38.7. The van der Waals surface area contributed by atoms with E-state index in [-0.39, 0.29) is 11.9 Å². The van der Waals surface area contributed by atoms with Gasteiger partial charge in [-0.1, -0.05) is 24.3 Å². The van der Waals surface area contributed by atoms with E-state index in [2.05, 4.69) is 134 Å². The number of piperidine rings is 1. The number of likely N-dealkylation sites (tertiary alicyclic amines) is 1.